The maximum Gasteiger partial charge on any atom is 0.251 e. The third-order valence-electron chi connectivity index (χ3n) is 6.13. The van der Waals surface area contributed by atoms with E-state index in [4.69, 9.17) is 23.7 Å². The van der Waals surface area contributed by atoms with Crippen molar-refractivity contribution < 1.29 is 23.7 Å². The molecule has 0 saturated carbocycles. The fraction of sp³-hybridized carbons (Fsp3) is 0.727. The molecule has 0 aliphatic rings. The molecule has 0 aliphatic carbocycles. The molecule has 168 valence electrons. The van der Waals surface area contributed by atoms with Crippen LogP contribution in [0.1, 0.15) is 54.0 Å². The molecule has 1 rings (SSSR count). The predicted molar refractivity (Wildman–Crippen MR) is 123 cm³/mol. The lowest BCUT2D eigenvalue weighted by Gasteiger charge is -2.36. The van der Waals surface area contributed by atoms with E-state index in [0.29, 0.717) is 6.61 Å². The summed E-state index contributed by atoms with van der Waals surface area (Å²) in [6.07, 6.45) is 0. The van der Waals surface area contributed by atoms with E-state index in [1.165, 1.54) is 0 Å². The maximum absolute atomic E-state index is 6.08. The van der Waals surface area contributed by atoms with Crippen molar-refractivity contribution in [2.45, 2.75) is 97.1 Å². The van der Waals surface area contributed by atoms with Gasteiger partial charge < -0.3 is 4.74 Å². The van der Waals surface area contributed by atoms with Gasteiger partial charge in [-0.05, 0) is 48.8 Å². The normalized spacial score (nSPS) is 13.1. The van der Waals surface area contributed by atoms with Crippen LogP contribution in [0.3, 0.4) is 0 Å². The molecular weight excluding hydrogens is 400 g/mol. The van der Waals surface area contributed by atoms with Gasteiger partial charge in [0.1, 0.15) is 6.61 Å². The Kier molecular flexibility index (Phi) is 11.9. The number of ether oxygens (including phenoxy) is 1. The van der Waals surface area contributed by atoms with E-state index < -0.39 is 22.4 Å². The van der Waals surface area contributed by atoms with Crippen molar-refractivity contribution in [1.82, 2.24) is 0 Å². The maximum atomic E-state index is 6.08. The van der Waals surface area contributed by atoms with E-state index in [0.717, 1.165) is 41.8 Å². The molecule has 0 atom stereocenters. The fourth-order valence-electron chi connectivity index (χ4n) is 3.20. The topological polar surface area (TPSA) is 46.2 Å². The molecule has 0 N–H and O–H groups in total. The van der Waals surface area contributed by atoms with Crippen molar-refractivity contribution in [3.63, 3.8) is 0 Å². The molecule has 1 aromatic rings. The molecule has 0 radical (unpaired) electrons. The molecule has 0 saturated heterocycles. The molecule has 1 aromatic carbocycles. The lowest BCUT2D eigenvalue weighted by Crippen LogP contribution is -2.47. The van der Waals surface area contributed by atoms with Gasteiger partial charge in [-0.2, -0.15) is 0 Å². The van der Waals surface area contributed by atoms with Gasteiger partial charge in [0.05, 0.1) is 6.61 Å². The molecule has 0 amide bonds. The van der Waals surface area contributed by atoms with Crippen LogP contribution in [0.25, 0.3) is 0 Å². The first kappa shape index (κ1) is 26.5. The Morgan fingerprint density at radius 3 is 1.48 bits per heavy atom. The molecule has 0 bridgehead atoms. The summed E-state index contributed by atoms with van der Waals surface area (Å²) in [7, 11) is -3.86. The standard InChI is InChI=1S/C22H42O5Si2/c1-8-28(9-2,10-3)26-24-22(7,25-27-29(11-4,12-5)13-6)20-23-19-21-17-15-14-16-18-21/h14-18H,8-13,19-20H2,1-7H3. The van der Waals surface area contributed by atoms with Crippen LogP contribution in [0.5, 0.6) is 0 Å². The van der Waals surface area contributed by atoms with E-state index in [-0.39, 0.29) is 6.61 Å². The molecule has 0 aliphatic heterocycles. The number of hydrogen-bond acceptors (Lipinski definition) is 5. The van der Waals surface area contributed by atoms with E-state index in [1.807, 2.05) is 37.3 Å². The zero-order chi connectivity index (χ0) is 21.8. The second kappa shape index (κ2) is 13.0. The second-order valence-electron chi connectivity index (χ2n) is 7.93. The summed E-state index contributed by atoms with van der Waals surface area (Å²) in [5.41, 5.74) is 1.11. The minimum atomic E-state index is -1.93. The van der Waals surface area contributed by atoms with Crippen LogP contribution in [0.15, 0.2) is 30.3 Å². The number of benzene rings is 1. The summed E-state index contributed by atoms with van der Waals surface area (Å²) in [4.78, 5) is 11.9. The second-order valence-corrected chi connectivity index (χ2v) is 17.2. The molecule has 0 heterocycles. The summed E-state index contributed by atoms with van der Waals surface area (Å²) in [6, 6.07) is 16.1. The highest BCUT2D eigenvalue weighted by Gasteiger charge is 2.40. The minimum Gasteiger partial charge on any atom is -0.371 e. The number of rotatable bonds is 16. The average molecular weight is 443 g/mol. The van der Waals surface area contributed by atoms with Crippen LogP contribution in [0.4, 0.5) is 0 Å². The lowest BCUT2D eigenvalue weighted by atomic mass is 10.2. The summed E-state index contributed by atoms with van der Waals surface area (Å²) >= 11 is 0. The van der Waals surface area contributed by atoms with Crippen LogP contribution in [0.2, 0.25) is 36.3 Å². The quantitative estimate of drug-likeness (QED) is 0.122. The van der Waals surface area contributed by atoms with Crippen molar-refractivity contribution in [3.8, 4) is 0 Å². The molecule has 0 unspecified atom stereocenters. The van der Waals surface area contributed by atoms with Crippen molar-refractivity contribution in [3.05, 3.63) is 35.9 Å². The van der Waals surface area contributed by atoms with E-state index in [9.17, 15) is 0 Å². The van der Waals surface area contributed by atoms with Gasteiger partial charge in [0, 0.05) is 0 Å². The monoisotopic (exact) mass is 442 g/mol. The Hall–Kier alpha value is -0.546. The highest BCUT2D eigenvalue weighted by atomic mass is 28.4. The van der Waals surface area contributed by atoms with Crippen LogP contribution in [-0.2, 0) is 30.3 Å². The molecular formula is C22H42O5Si2. The first-order chi connectivity index (χ1) is 13.9. The van der Waals surface area contributed by atoms with Crippen LogP contribution < -0.4 is 0 Å². The Labute approximate surface area is 180 Å². The zero-order valence-electron chi connectivity index (χ0n) is 19.6. The SMILES string of the molecule is CC[Si](CC)(CC)OOC(C)(COCc1ccccc1)OO[Si](CC)(CC)CC. The Balaban J connectivity index is 2.84. The van der Waals surface area contributed by atoms with E-state index in [1.54, 1.807) is 0 Å². The predicted octanol–water partition coefficient (Wildman–Crippen LogP) is 6.83. The largest absolute Gasteiger partial charge is 0.371 e. The number of hydrogen-bond donors (Lipinski definition) is 0. The molecule has 0 spiro atoms. The summed E-state index contributed by atoms with van der Waals surface area (Å²) in [5, 5.41) is 0. The summed E-state index contributed by atoms with van der Waals surface area (Å²) in [5.74, 6) is -1.11. The molecule has 0 aromatic heterocycles. The molecule has 5 nitrogen and oxygen atoms in total. The van der Waals surface area contributed by atoms with Crippen LogP contribution in [-0.4, -0.2) is 29.0 Å². The van der Waals surface area contributed by atoms with Crippen LogP contribution in [0, 0.1) is 0 Å². The fourth-order valence-corrected chi connectivity index (χ4v) is 7.61. The molecule has 0 fully saturated rings. The van der Waals surface area contributed by atoms with Crippen molar-refractivity contribution in [2.24, 2.45) is 0 Å². The Morgan fingerprint density at radius 1 is 0.690 bits per heavy atom. The highest BCUT2D eigenvalue weighted by Crippen LogP contribution is 2.29. The van der Waals surface area contributed by atoms with E-state index in [2.05, 4.69) is 41.5 Å². The average Bonchev–Trinajstić information content (AvgIpc) is 2.77. The third-order valence-corrected chi connectivity index (χ3v) is 14.7. The van der Waals surface area contributed by atoms with Gasteiger partial charge in [0.15, 0.2) is 0 Å². The summed E-state index contributed by atoms with van der Waals surface area (Å²) in [6.45, 7) is 15.6. The third kappa shape index (κ3) is 8.24. The van der Waals surface area contributed by atoms with Gasteiger partial charge in [-0.3, -0.25) is 9.15 Å². The lowest BCUT2D eigenvalue weighted by molar-refractivity contribution is -0.468. The van der Waals surface area contributed by atoms with Gasteiger partial charge in [-0.1, -0.05) is 71.9 Å². The highest BCUT2D eigenvalue weighted by molar-refractivity contribution is 6.73. The smallest absolute Gasteiger partial charge is 0.251 e. The zero-order valence-corrected chi connectivity index (χ0v) is 21.6. The van der Waals surface area contributed by atoms with Crippen molar-refractivity contribution >= 4 is 16.6 Å². The van der Waals surface area contributed by atoms with Gasteiger partial charge in [-0.15, -0.1) is 0 Å². The van der Waals surface area contributed by atoms with E-state index >= 15 is 0 Å². The van der Waals surface area contributed by atoms with Gasteiger partial charge in [-0.25, -0.2) is 9.78 Å². The van der Waals surface area contributed by atoms with Gasteiger partial charge >= 0.3 is 0 Å². The van der Waals surface area contributed by atoms with Crippen molar-refractivity contribution in [2.75, 3.05) is 6.61 Å². The first-order valence-electron chi connectivity index (χ1n) is 11.2. The molecule has 29 heavy (non-hydrogen) atoms. The molecule has 7 heteroatoms. The minimum absolute atomic E-state index is 0.227. The Morgan fingerprint density at radius 2 is 1.10 bits per heavy atom. The van der Waals surface area contributed by atoms with Gasteiger partial charge in [0.25, 0.3) is 5.79 Å². The van der Waals surface area contributed by atoms with Gasteiger partial charge in [0.2, 0.25) is 16.6 Å². The Bertz CT molecular complexity index is 507. The summed E-state index contributed by atoms with van der Waals surface area (Å²) < 4.78 is 18.1. The first-order valence-corrected chi connectivity index (χ1v) is 16.3. The van der Waals surface area contributed by atoms with Crippen molar-refractivity contribution in [1.29, 1.82) is 0 Å². The van der Waals surface area contributed by atoms with Crippen LogP contribution >= 0.6 is 0 Å².